The number of nitrogens with zero attached hydrogens (tertiary/aromatic N) is 2. The van der Waals surface area contributed by atoms with Gasteiger partial charge in [0.05, 0.1) is 22.0 Å². The largest absolute Gasteiger partial charge is 0.403 e. The van der Waals surface area contributed by atoms with Gasteiger partial charge in [0.2, 0.25) is 5.89 Å². The molecule has 0 bridgehead atoms. The van der Waals surface area contributed by atoms with Crippen LogP contribution in [0.1, 0.15) is 20.7 Å². The molecule has 10 heteroatoms. The van der Waals surface area contributed by atoms with Gasteiger partial charge in [-0.1, -0.05) is 12.1 Å². The molecule has 0 radical (unpaired) electrons. The molecule has 2 aromatic heterocycles. The number of benzene rings is 2. The molecule has 0 saturated carbocycles. The number of carbonyl (C=O) groups is 2. The van der Waals surface area contributed by atoms with Crippen LogP contribution in [0.5, 0.6) is 0 Å². The van der Waals surface area contributed by atoms with Crippen LogP contribution in [0.4, 0.5) is 5.69 Å². The van der Waals surface area contributed by atoms with E-state index in [9.17, 15) is 24.0 Å². The van der Waals surface area contributed by atoms with Crippen molar-refractivity contribution in [1.29, 1.82) is 0 Å². The first-order valence-corrected chi connectivity index (χ1v) is 8.69. The minimum Gasteiger partial charge on any atom is -0.403 e. The summed E-state index contributed by atoms with van der Waals surface area (Å²) in [5.74, 6) is -1.48. The summed E-state index contributed by atoms with van der Waals surface area (Å²) in [6.45, 7) is 0. The molecular formula is C20H10N4O6. The Labute approximate surface area is 165 Å². The van der Waals surface area contributed by atoms with E-state index in [-0.39, 0.29) is 22.7 Å². The molecule has 1 aliphatic heterocycles. The Hall–Kier alpha value is -4.60. The number of hydrogen-bond acceptors (Lipinski definition) is 7. The number of H-pyrrole nitrogens is 2. The third kappa shape index (κ3) is 2.51. The Kier molecular flexibility index (Phi) is 3.62. The van der Waals surface area contributed by atoms with Crippen LogP contribution in [0.3, 0.4) is 0 Å². The summed E-state index contributed by atoms with van der Waals surface area (Å²) in [7, 11) is 0. The predicted molar refractivity (Wildman–Crippen MR) is 105 cm³/mol. The molecule has 0 spiro atoms. The summed E-state index contributed by atoms with van der Waals surface area (Å²) in [6.07, 6.45) is 0.994. The second-order valence-corrected chi connectivity index (χ2v) is 6.49. The van der Waals surface area contributed by atoms with Crippen LogP contribution in [0.25, 0.3) is 22.4 Å². The SMILES string of the molecule is O=C1c2ccc(-c3nc4ccccc4c(=O)o3)cc2C(=O)N1c1c[nH]c(=O)[nH]c1=O. The lowest BCUT2D eigenvalue weighted by Gasteiger charge is -2.11. The van der Waals surface area contributed by atoms with Crippen LogP contribution in [0, 0.1) is 0 Å². The molecule has 3 heterocycles. The van der Waals surface area contributed by atoms with Gasteiger partial charge in [0, 0.05) is 11.8 Å². The molecule has 1 aliphatic rings. The van der Waals surface area contributed by atoms with Gasteiger partial charge in [0.15, 0.2) is 0 Å². The Morgan fingerprint density at radius 2 is 1.67 bits per heavy atom. The van der Waals surface area contributed by atoms with Crippen molar-refractivity contribution in [3.63, 3.8) is 0 Å². The number of para-hydroxylation sites is 1. The van der Waals surface area contributed by atoms with E-state index in [4.69, 9.17) is 4.42 Å². The fourth-order valence-electron chi connectivity index (χ4n) is 3.30. The average molecular weight is 402 g/mol. The molecule has 0 unspecified atom stereocenters. The van der Waals surface area contributed by atoms with Gasteiger partial charge >= 0.3 is 11.3 Å². The van der Waals surface area contributed by atoms with Gasteiger partial charge in [-0.25, -0.2) is 19.5 Å². The zero-order valence-corrected chi connectivity index (χ0v) is 15.0. The maximum Gasteiger partial charge on any atom is 0.347 e. The summed E-state index contributed by atoms with van der Waals surface area (Å²) >= 11 is 0. The van der Waals surface area contributed by atoms with Crippen LogP contribution in [0.2, 0.25) is 0 Å². The number of fused-ring (bicyclic) bond motifs is 2. The fourth-order valence-corrected chi connectivity index (χ4v) is 3.30. The number of hydrogen-bond donors (Lipinski definition) is 2. The lowest BCUT2D eigenvalue weighted by molar-refractivity contribution is 0.0925. The molecule has 0 aliphatic carbocycles. The highest BCUT2D eigenvalue weighted by Gasteiger charge is 2.38. The first kappa shape index (κ1) is 17.5. The first-order chi connectivity index (χ1) is 14.4. The van der Waals surface area contributed by atoms with Gasteiger partial charge < -0.3 is 9.40 Å². The summed E-state index contributed by atoms with van der Waals surface area (Å²) < 4.78 is 5.27. The summed E-state index contributed by atoms with van der Waals surface area (Å²) in [5.41, 5.74) is -1.71. The maximum absolute atomic E-state index is 12.9. The molecule has 4 aromatic rings. The van der Waals surface area contributed by atoms with E-state index in [1.807, 2.05) is 4.98 Å². The molecular weight excluding hydrogens is 392 g/mol. The monoisotopic (exact) mass is 402 g/mol. The minimum atomic E-state index is -0.879. The Morgan fingerprint density at radius 1 is 0.900 bits per heavy atom. The van der Waals surface area contributed by atoms with Gasteiger partial charge in [-0.2, -0.15) is 0 Å². The molecule has 2 aromatic carbocycles. The van der Waals surface area contributed by atoms with Gasteiger partial charge in [-0.15, -0.1) is 0 Å². The van der Waals surface area contributed by atoms with Crippen LogP contribution in [-0.2, 0) is 0 Å². The van der Waals surface area contributed by atoms with E-state index in [0.717, 1.165) is 6.20 Å². The van der Waals surface area contributed by atoms with E-state index in [1.54, 1.807) is 24.3 Å². The standard InChI is InChI=1S/C20H10N4O6/c25-15-14(8-21-20(29)23-15)24-17(26)10-6-5-9(7-12(10)18(24)27)16-22-13-4-2-1-3-11(13)19(28)30-16/h1-8H,(H2,21,23,25,29). The molecule has 2 amide bonds. The number of aromatic amines is 2. The smallest absolute Gasteiger partial charge is 0.347 e. The number of rotatable bonds is 2. The molecule has 2 N–H and O–H groups in total. The Morgan fingerprint density at radius 3 is 2.47 bits per heavy atom. The number of anilines is 1. The van der Waals surface area contributed by atoms with Crippen molar-refractivity contribution >= 4 is 28.4 Å². The highest BCUT2D eigenvalue weighted by molar-refractivity contribution is 6.34. The van der Waals surface area contributed by atoms with Gasteiger partial charge in [-0.05, 0) is 30.3 Å². The topological polar surface area (TPSA) is 146 Å². The maximum atomic E-state index is 12.9. The molecule has 146 valence electrons. The van der Waals surface area contributed by atoms with Crippen LogP contribution < -0.4 is 21.8 Å². The van der Waals surface area contributed by atoms with Gasteiger partial charge in [-0.3, -0.25) is 19.4 Å². The predicted octanol–water partition coefficient (Wildman–Crippen LogP) is 1.03. The van der Waals surface area contributed by atoms with E-state index in [2.05, 4.69) is 9.97 Å². The normalized spacial score (nSPS) is 13.1. The highest BCUT2D eigenvalue weighted by atomic mass is 16.4. The molecule has 30 heavy (non-hydrogen) atoms. The number of amides is 2. The fraction of sp³-hybridized carbons (Fsp3) is 0. The van der Waals surface area contributed by atoms with E-state index >= 15 is 0 Å². The Balaban J connectivity index is 1.63. The lowest BCUT2D eigenvalue weighted by Crippen LogP contribution is -2.36. The Bertz CT molecular complexity index is 1560. The quantitative estimate of drug-likeness (QED) is 0.476. The minimum absolute atomic E-state index is 0.0120. The van der Waals surface area contributed by atoms with Crippen LogP contribution in [-0.4, -0.2) is 26.8 Å². The summed E-state index contributed by atoms with van der Waals surface area (Å²) in [5, 5.41) is 0.317. The summed E-state index contributed by atoms with van der Waals surface area (Å²) in [4.78, 5) is 70.2. The van der Waals surface area contributed by atoms with Crippen molar-refractivity contribution in [2.45, 2.75) is 0 Å². The second kappa shape index (κ2) is 6.21. The van der Waals surface area contributed by atoms with Crippen LogP contribution in [0.15, 0.2) is 67.5 Å². The zero-order valence-electron chi connectivity index (χ0n) is 15.0. The van der Waals surface area contributed by atoms with Crippen LogP contribution >= 0.6 is 0 Å². The number of imide groups is 1. The molecule has 0 fully saturated rings. The number of carbonyl (C=O) groups excluding carboxylic acids is 2. The highest BCUT2D eigenvalue weighted by Crippen LogP contribution is 2.29. The average Bonchev–Trinajstić information content (AvgIpc) is 2.98. The molecule has 0 saturated heterocycles. The second-order valence-electron chi connectivity index (χ2n) is 6.49. The zero-order chi connectivity index (χ0) is 21.0. The van der Waals surface area contributed by atoms with Gasteiger partial charge in [0.1, 0.15) is 5.69 Å². The molecule has 10 nitrogen and oxygen atoms in total. The van der Waals surface area contributed by atoms with E-state index in [1.165, 1.54) is 18.2 Å². The number of nitrogens with one attached hydrogen (secondary N) is 2. The van der Waals surface area contributed by atoms with Crippen molar-refractivity contribution < 1.29 is 14.0 Å². The van der Waals surface area contributed by atoms with Crippen molar-refractivity contribution in [3.8, 4) is 11.5 Å². The lowest BCUT2D eigenvalue weighted by atomic mass is 10.1. The summed E-state index contributed by atoms with van der Waals surface area (Å²) in [6, 6.07) is 10.9. The van der Waals surface area contributed by atoms with Crippen molar-refractivity contribution in [2.24, 2.45) is 0 Å². The third-order valence-electron chi connectivity index (χ3n) is 4.71. The first-order valence-electron chi connectivity index (χ1n) is 8.69. The molecule has 0 atom stereocenters. The van der Waals surface area contributed by atoms with E-state index < -0.39 is 28.7 Å². The van der Waals surface area contributed by atoms with Crippen molar-refractivity contribution in [2.75, 3.05) is 4.90 Å². The number of aromatic nitrogens is 3. The van der Waals surface area contributed by atoms with Gasteiger partial charge in [0.25, 0.3) is 17.4 Å². The van der Waals surface area contributed by atoms with Crippen molar-refractivity contribution in [3.05, 3.63) is 91.0 Å². The van der Waals surface area contributed by atoms with E-state index in [0.29, 0.717) is 21.4 Å². The van der Waals surface area contributed by atoms with Crippen molar-refractivity contribution in [1.82, 2.24) is 15.0 Å². The third-order valence-corrected chi connectivity index (χ3v) is 4.71. The molecule has 5 rings (SSSR count).